The van der Waals surface area contributed by atoms with Gasteiger partial charge in [-0.2, -0.15) is 8.42 Å². The van der Waals surface area contributed by atoms with Crippen molar-refractivity contribution < 1.29 is 17.4 Å². The van der Waals surface area contributed by atoms with Gasteiger partial charge < -0.3 is 9.92 Å². The second-order valence-corrected chi connectivity index (χ2v) is 9.95. The van der Waals surface area contributed by atoms with Crippen LogP contribution in [0, 0.1) is 0 Å². The highest BCUT2D eigenvalue weighted by Crippen LogP contribution is 2.41. The van der Waals surface area contributed by atoms with Crippen LogP contribution in [0.5, 0.6) is 5.75 Å². The van der Waals surface area contributed by atoms with Crippen LogP contribution >= 0.6 is 0 Å². The standard InChI is InChI=1S/C23H23N5O4S/c1-15(2)33(30,31)32-19-10-5-9-18(14-19)23(21(29)28(3)22(24)27-23)17-8-4-7-16(13-17)20-25-11-6-12-26-20/h4-15H,1-3H3,(H2,24,27). The van der Waals surface area contributed by atoms with E-state index >= 15 is 0 Å². The predicted molar refractivity (Wildman–Crippen MR) is 124 cm³/mol. The summed E-state index contributed by atoms with van der Waals surface area (Å²) in [5, 5.41) is -0.731. The molecular formula is C23H23N5O4S. The third-order valence-electron chi connectivity index (χ3n) is 5.39. The van der Waals surface area contributed by atoms with Gasteiger partial charge in [0.25, 0.3) is 5.91 Å². The van der Waals surface area contributed by atoms with E-state index in [0.29, 0.717) is 22.5 Å². The van der Waals surface area contributed by atoms with Crippen LogP contribution in [0.25, 0.3) is 11.4 Å². The Bertz CT molecular complexity index is 1340. The number of likely N-dealkylation sites (N-methyl/N-ethyl adjacent to an activating group) is 1. The third-order valence-corrected chi connectivity index (χ3v) is 6.97. The van der Waals surface area contributed by atoms with Crippen LogP contribution in [0.3, 0.4) is 0 Å². The molecule has 1 aliphatic heterocycles. The molecule has 0 saturated heterocycles. The summed E-state index contributed by atoms with van der Waals surface area (Å²) in [5.74, 6) is 0.238. The zero-order valence-electron chi connectivity index (χ0n) is 18.3. The number of rotatable bonds is 6. The first-order valence-corrected chi connectivity index (χ1v) is 11.7. The van der Waals surface area contributed by atoms with Gasteiger partial charge in [-0.1, -0.05) is 30.3 Å². The predicted octanol–water partition coefficient (Wildman–Crippen LogP) is 2.29. The summed E-state index contributed by atoms with van der Waals surface area (Å²) in [6.07, 6.45) is 3.26. The van der Waals surface area contributed by atoms with Crippen molar-refractivity contribution in [2.75, 3.05) is 7.05 Å². The van der Waals surface area contributed by atoms with Gasteiger partial charge in [-0.15, -0.1) is 0 Å². The van der Waals surface area contributed by atoms with Crippen LogP contribution in [0.4, 0.5) is 0 Å². The molecule has 170 valence electrons. The van der Waals surface area contributed by atoms with Gasteiger partial charge in [-0.05, 0) is 49.2 Å². The number of aromatic nitrogens is 2. The Labute approximate surface area is 192 Å². The van der Waals surface area contributed by atoms with E-state index in [0.717, 1.165) is 0 Å². The number of benzene rings is 2. The maximum Gasteiger partial charge on any atom is 0.311 e. The molecular weight excluding hydrogens is 442 g/mol. The molecule has 0 aliphatic carbocycles. The fourth-order valence-electron chi connectivity index (χ4n) is 3.52. The largest absolute Gasteiger partial charge is 0.382 e. The van der Waals surface area contributed by atoms with Crippen molar-refractivity contribution in [1.29, 1.82) is 0 Å². The van der Waals surface area contributed by atoms with Crippen LogP contribution in [-0.2, 0) is 20.5 Å². The van der Waals surface area contributed by atoms with E-state index in [2.05, 4.69) is 15.0 Å². The zero-order chi connectivity index (χ0) is 23.8. The first-order valence-electron chi connectivity index (χ1n) is 10.2. The molecule has 0 spiro atoms. The smallest absolute Gasteiger partial charge is 0.311 e. The molecule has 0 bridgehead atoms. The first-order chi connectivity index (χ1) is 15.6. The van der Waals surface area contributed by atoms with Crippen molar-refractivity contribution in [2.24, 2.45) is 10.7 Å². The summed E-state index contributed by atoms with van der Waals surface area (Å²) < 4.78 is 29.9. The van der Waals surface area contributed by atoms with E-state index in [1.165, 1.54) is 37.9 Å². The van der Waals surface area contributed by atoms with Crippen LogP contribution in [0.2, 0.25) is 0 Å². The molecule has 9 nitrogen and oxygen atoms in total. The number of aliphatic imine (C=N–C) groups is 1. The van der Waals surface area contributed by atoms with Gasteiger partial charge in [0.1, 0.15) is 5.75 Å². The monoisotopic (exact) mass is 465 g/mol. The van der Waals surface area contributed by atoms with Gasteiger partial charge in [-0.3, -0.25) is 9.69 Å². The molecule has 4 rings (SSSR count). The quantitative estimate of drug-likeness (QED) is 0.553. The van der Waals surface area contributed by atoms with Crippen LogP contribution < -0.4 is 9.92 Å². The molecule has 1 unspecified atom stereocenters. The summed E-state index contributed by atoms with van der Waals surface area (Å²) in [7, 11) is -2.29. The van der Waals surface area contributed by atoms with Gasteiger partial charge >= 0.3 is 10.1 Å². The lowest BCUT2D eigenvalue weighted by Gasteiger charge is -2.27. The minimum atomic E-state index is -3.83. The zero-order valence-corrected chi connectivity index (χ0v) is 19.2. The molecule has 3 aromatic rings. The van der Waals surface area contributed by atoms with E-state index in [-0.39, 0.29) is 17.6 Å². The molecule has 1 aromatic heterocycles. The summed E-state index contributed by atoms with van der Waals surface area (Å²) >= 11 is 0. The Morgan fingerprint density at radius 1 is 1.00 bits per heavy atom. The normalized spacial score (nSPS) is 18.5. The molecule has 0 radical (unpaired) electrons. The number of hydrogen-bond acceptors (Lipinski definition) is 8. The average molecular weight is 466 g/mol. The Balaban J connectivity index is 1.89. The Kier molecular flexibility index (Phi) is 5.62. The van der Waals surface area contributed by atoms with Crippen molar-refractivity contribution in [2.45, 2.75) is 24.6 Å². The van der Waals surface area contributed by atoms with Crippen LogP contribution in [0.1, 0.15) is 25.0 Å². The van der Waals surface area contributed by atoms with E-state index in [4.69, 9.17) is 9.92 Å². The van der Waals surface area contributed by atoms with E-state index < -0.39 is 20.9 Å². The van der Waals surface area contributed by atoms with Gasteiger partial charge in [0.15, 0.2) is 17.3 Å². The molecule has 33 heavy (non-hydrogen) atoms. The van der Waals surface area contributed by atoms with Crippen molar-refractivity contribution in [1.82, 2.24) is 14.9 Å². The summed E-state index contributed by atoms with van der Waals surface area (Å²) in [5.41, 5.74) is 6.18. The number of carbonyl (C=O) groups is 1. The summed E-state index contributed by atoms with van der Waals surface area (Å²) in [6, 6.07) is 15.2. The molecule has 2 aromatic carbocycles. The lowest BCUT2D eigenvalue weighted by molar-refractivity contribution is -0.129. The van der Waals surface area contributed by atoms with Crippen molar-refractivity contribution in [3.8, 4) is 17.1 Å². The number of guanidine groups is 1. The minimum absolute atomic E-state index is 0.0440. The SMILES string of the molecule is CC(C)S(=O)(=O)Oc1cccc(C2(c3cccc(-c4ncccn4)c3)N=C(N)N(C)C2=O)c1. The van der Waals surface area contributed by atoms with E-state index in [9.17, 15) is 13.2 Å². The second-order valence-electron chi connectivity index (χ2n) is 7.85. The van der Waals surface area contributed by atoms with Crippen LogP contribution in [-0.4, -0.2) is 47.5 Å². The van der Waals surface area contributed by atoms with Crippen molar-refractivity contribution in [3.63, 3.8) is 0 Å². The molecule has 0 fully saturated rings. The van der Waals surface area contributed by atoms with E-state index in [1.807, 2.05) is 6.07 Å². The first kappa shape index (κ1) is 22.4. The fourth-order valence-corrected chi connectivity index (χ4v) is 4.08. The number of carbonyl (C=O) groups excluding carboxylic acids is 1. The molecule has 0 saturated carbocycles. The number of nitrogens with two attached hydrogens (primary N) is 1. The van der Waals surface area contributed by atoms with Gasteiger partial charge in [0, 0.05) is 25.0 Å². The molecule has 1 atom stereocenters. The summed E-state index contributed by atoms with van der Waals surface area (Å²) in [6.45, 7) is 3.05. The lowest BCUT2D eigenvalue weighted by Crippen LogP contribution is -2.41. The second kappa shape index (κ2) is 8.28. The number of hydrogen-bond donors (Lipinski definition) is 1. The Morgan fingerprint density at radius 3 is 2.24 bits per heavy atom. The third kappa shape index (κ3) is 3.93. The maximum atomic E-state index is 13.5. The van der Waals surface area contributed by atoms with Crippen molar-refractivity contribution >= 4 is 22.0 Å². The summed E-state index contributed by atoms with van der Waals surface area (Å²) in [4.78, 5) is 27.9. The van der Waals surface area contributed by atoms with Crippen LogP contribution in [0.15, 0.2) is 72.0 Å². The highest BCUT2D eigenvalue weighted by Gasteiger charge is 2.49. The number of nitrogens with zero attached hydrogens (tertiary/aromatic N) is 4. The minimum Gasteiger partial charge on any atom is -0.382 e. The molecule has 2 heterocycles. The topological polar surface area (TPSA) is 128 Å². The molecule has 1 aliphatic rings. The lowest BCUT2D eigenvalue weighted by atomic mass is 9.82. The van der Waals surface area contributed by atoms with Gasteiger partial charge in [-0.25, -0.2) is 15.0 Å². The molecule has 1 amide bonds. The van der Waals surface area contributed by atoms with Gasteiger partial charge in [0.05, 0.1) is 5.25 Å². The fraction of sp³-hybridized carbons (Fsp3) is 0.217. The molecule has 2 N–H and O–H groups in total. The Morgan fingerprint density at radius 2 is 1.64 bits per heavy atom. The van der Waals surface area contributed by atoms with Gasteiger partial charge in [0.2, 0.25) is 0 Å². The highest BCUT2D eigenvalue weighted by atomic mass is 32.2. The molecule has 10 heteroatoms. The number of amides is 1. The van der Waals surface area contributed by atoms with Crippen molar-refractivity contribution in [3.05, 3.63) is 78.1 Å². The Hall–Kier alpha value is -3.79. The average Bonchev–Trinajstić information content (AvgIpc) is 3.04. The highest BCUT2D eigenvalue weighted by molar-refractivity contribution is 7.87. The van der Waals surface area contributed by atoms with E-state index in [1.54, 1.807) is 48.8 Å². The maximum absolute atomic E-state index is 13.5.